The van der Waals surface area contributed by atoms with Gasteiger partial charge in [-0.05, 0) is 32.0 Å². The summed E-state index contributed by atoms with van der Waals surface area (Å²) in [6, 6.07) is 8.43. The number of thioether (sulfide) groups is 1. The normalized spacial score (nSPS) is 13.1. The Kier molecular flexibility index (Phi) is 4.45. The van der Waals surface area contributed by atoms with Crippen LogP contribution in [0, 0.1) is 0 Å². The van der Waals surface area contributed by atoms with Crippen LogP contribution in [0.2, 0.25) is 0 Å². The van der Waals surface area contributed by atoms with Crippen molar-refractivity contribution in [1.82, 2.24) is 10.3 Å². The van der Waals surface area contributed by atoms with Gasteiger partial charge in [-0.25, -0.2) is 4.98 Å². The van der Waals surface area contributed by atoms with Crippen LogP contribution in [0.5, 0.6) is 0 Å². The maximum absolute atomic E-state index is 5.64. The maximum Gasteiger partial charge on any atom is 0.256 e. The smallest absolute Gasteiger partial charge is 0.256 e. The van der Waals surface area contributed by atoms with Crippen LogP contribution in [0.15, 0.2) is 33.9 Å². The molecule has 2 rings (SSSR count). The van der Waals surface area contributed by atoms with E-state index in [-0.39, 0.29) is 0 Å². The summed E-state index contributed by atoms with van der Waals surface area (Å²) in [5.74, 6) is 1.03. The lowest BCUT2D eigenvalue weighted by Gasteiger charge is -2.10. The molecule has 1 aromatic heterocycles. The Balaban J connectivity index is 1.86. The summed E-state index contributed by atoms with van der Waals surface area (Å²) in [6.07, 6.45) is 1.12. The van der Waals surface area contributed by atoms with E-state index >= 15 is 0 Å². The van der Waals surface area contributed by atoms with Crippen LogP contribution < -0.4 is 5.32 Å². The Bertz CT molecular complexity index is 436. The standard InChI is InChI=1S/C13H18N2OS/c1-3-14-10(2)8-9-17-13-15-11-6-4-5-7-12(11)16-13/h4-7,10,14H,3,8-9H2,1-2H3. The van der Waals surface area contributed by atoms with Crippen molar-refractivity contribution in [1.29, 1.82) is 0 Å². The zero-order valence-corrected chi connectivity index (χ0v) is 11.1. The molecule has 1 N–H and O–H groups in total. The lowest BCUT2D eigenvalue weighted by atomic mass is 10.3. The Morgan fingerprint density at radius 2 is 2.24 bits per heavy atom. The first-order chi connectivity index (χ1) is 8.29. The van der Waals surface area contributed by atoms with Gasteiger partial charge >= 0.3 is 0 Å². The molecule has 1 aromatic carbocycles. The van der Waals surface area contributed by atoms with E-state index < -0.39 is 0 Å². The summed E-state index contributed by atoms with van der Waals surface area (Å²) >= 11 is 1.68. The fourth-order valence-electron chi connectivity index (χ4n) is 1.69. The summed E-state index contributed by atoms with van der Waals surface area (Å²) in [6.45, 7) is 5.36. The third-order valence-corrected chi connectivity index (χ3v) is 3.46. The van der Waals surface area contributed by atoms with Crippen molar-refractivity contribution >= 4 is 22.9 Å². The molecule has 1 heterocycles. The monoisotopic (exact) mass is 250 g/mol. The first kappa shape index (κ1) is 12.5. The molecule has 0 aliphatic rings. The second-order valence-corrected chi connectivity index (χ2v) is 5.09. The molecular weight excluding hydrogens is 232 g/mol. The predicted molar refractivity (Wildman–Crippen MR) is 72.5 cm³/mol. The summed E-state index contributed by atoms with van der Waals surface area (Å²) in [5, 5.41) is 4.17. The van der Waals surface area contributed by atoms with Crippen molar-refractivity contribution in [2.75, 3.05) is 12.3 Å². The fraction of sp³-hybridized carbons (Fsp3) is 0.462. The molecule has 0 aliphatic heterocycles. The molecule has 2 aromatic rings. The van der Waals surface area contributed by atoms with Gasteiger partial charge in [-0.1, -0.05) is 30.8 Å². The zero-order valence-electron chi connectivity index (χ0n) is 10.3. The average molecular weight is 250 g/mol. The quantitative estimate of drug-likeness (QED) is 0.798. The molecule has 0 saturated heterocycles. The van der Waals surface area contributed by atoms with Crippen molar-refractivity contribution in [3.63, 3.8) is 0 Å². The highest BCUT2D eigenvalue weighted by Gasteiger charge is 2.06. The maximum atomic E-state index is 5.64. The van der Waals surface area contributed by atoms with Gasteiger partial charge in [0, 0.05) is 11.8 Å². The van der Waals surface area contributed by atoms with Crippen LogP contribution in [0.25, 0.3) is 11.1 Å². The van der Waals surface area contributed by atoms with Gasteiger partial charge in [0.2, 0.25) is 0 Å². The minimum atomic E-state index is 0.553. The molecule has 0 aliphatic carbocycles. The van der Waals surface area contributed by atoms with E-state index in [9.17, 15) is 0 Å². The molecule has 17 heavy (non-hydrogen) atoms. The number of fused-ring (bicyclic) bond motifs is 1. The molecule has 0 saturated carbocycles. The SMILES string of the molecule is CCNC(C)CCSc1nc2ccccc2o1. The summed E-state index contributed by atoms with van der Waals surface area (Å²) in [7, 11) is 0. The Labute approximate surface area is 106 Å². The number of hydrogen-bond donors (Lipinski definition) is 1. The average Bonchev–Trinajstić information content (AvgIpc) is 2.71. The van der Waals surface area contributed by atoms with Crippen molar-refractivity contribution in [2.45, 2.75) is 31.5 Å². The highest BCUT2D eigenvalue weighted by Crippen LogP contribution is 2.23. The van der Waals surface area contributed by atoms with Gasteiger partial charge in [0.1, 0.15) is 5.52 Å². The topological polar surface area (TPSA) is 38.1 Å². The van der Waals surface area contributed by atoms with Crippen LogP contribution in [0.3, 0.4) is 0 Å². The van der Waals surface area contributed by atoms with Crippen LogP contribution in [-0.2, 0) is 0 Å². The van der Waals surface area contributed by atoms with Gasteiger partial charge in [0.05, 0.1) is 0 Å². The van der Waals surface area contributed by atoms with Gasteiger partial charge in [0.25, 0.3) is 5.22 Å². The number of oxazole rings is 1. The molecule has 0 spiro atoms. The molecule has 92 valence electrons. The van der Waals surface area contributed by atoms with E-state index in [4.69, 9.17) is 4.42 Å². The molecule has 0 radical (unpaired) electrons. The van der Waals surface area contributed by atoms with E-state index in [0.717, 1.165) is 35.0 Å². The first-order valence-electron chi connectivity index (χ1n) is 6.01. The number of hydrogen-bond acceptors (Lipinski definition) is 4. The Morgan fingerprint density at radius 1 is 1.41 bits per heavy atom. The number of nitrogens with zero attached hydrogens (tertiary/aromatic N) is 1. The first-order valence-corrected chi connectivity index (χ1v) is 7.00. The highest BCUT2D eigenvalue weighted by atomic mass is 32.2. The zero-order chi connectivity index (χ0) is 12.1. The Morgan fingerprint density at radius 3 is 3.00 bits per heavy atom. The molecule has 3 nitrogen and oxygen atoms in total. The third kappa shape index (κ3) is 3.48. The van der Waals surface area contributed by atoms with Gasteiger partial charge < -0.3 is 9.73 Å². The van der Waals surface area contributed by atoms with E-state index in [1.54, 1.807) is 11.8 Å². The molecule has 4 heteroatoms. The second kappa shape index (κ2) is 6.07. The van der Waals surface area contributed by atoms with E-state index in [1.807, 2.05) is 24.3 Å². The van der Waals surface area contributed by atoms with E-state index in [2.05, 4.69) is 24.1 Å². The number of nitrogens with one attached hydrogen (secondary N) is 1. The van der Waals surface area contributed by atoms with Crippen molar-refractivity contribution in [2.24, 2.45) is 0 Å². The highest BCUT2D eigenvalue weighted by molar-refractivity contribution is 7.99. The predicted octanol–water partition coefficient (Wildman–Crippen LogP) is 3.31. The van der Waals surface area contributed by atoms with E-state index in [0.29, 0.717) is 6.04 Å². The summed E-state index contributed by atoms with van der Waals surface area (Å²) in [4.78, 5) is 4.43. The largest absolute Gasteiger partial charge is 0.431 e. The minimum Gasteiger partial charge on any atom is -0.431 e. The molecule has 0 amide bonds. The molecule has 0 bridgehead atoms. The number of aromatic nitrogens is 1. The number of rotatable bonds is 6. The van der Waals surface area contributed by atoms with E-state index in [1.165, 1.54) is 0 Å². The summed E-state index contributed by atoms with van der Waals surface area (Å²) < 4.78 is 5.64. The number of para-hydroxylation sites is 2. The summed E-state index contributed by atoms with van der Waals surface area (Å²) in [5.41, 5.74) is 1.81. The van der Waals surface area contributed by atoms with Gasteiger partial charge in [-0.3, -0.25) is 0 Å². The second-order valence-electron chi connectivity index (χ2n) is 4.04. The van der Waals surface area contributed by atoms with Crippen LogP contribution in [0.4, 0.5) is 0 Å². The van der Waals surface area contributed by atoms with Gasteiger partial charge in [-0.2, -0.15) is 0 Å². The lowest BCUT2D eigenvalue weighted by Crippen LogP contribution is -2.25. The molecule has 1 unspecified atom stereocenters. The minimum absolute atomic E-state index is 0.553. The fourth-order valence-corrected chi connectivity index (χ4v) is 2.64. The molecule has 0 fully saturated rings. The third-order valence-electron chi connectivity index (χ3n) is 2.60. The number of benzene rings is 1. The molecular formula is C13H18N2OS. The van der Waals surface area contributed by atoms with Crippen LogP contribution in [0.1, 0.15) is 20.3 Å². The molecule has 1 atom stereocenters. The lowest BCUT2D eigenvalue weighted by molar-refractivity contribution is 0.488. The van der Waals surface area contributed by atoms with Gasteiger partial charge in [-0.15, -0.1) is 0 Å². The van der Waals surface area contributed by atoms with Crippen molar-refractivity contribution in [3.05, 3.63) is 24.3 Å². The van der Waals surface area contributed by atoms with Crippen molar-refractivity contribution in [3.8, 4) is 0 Å². The van der Waals surface area contributed by atoms with Gasteiger partial charge in [0.15, 0.2) is 5.58 Å². The Hall–Kier alpha value is -1.00. The van der Waals surface area contributed by atoms with Crippen LogP contribution in [-0.4, -0.2) is 23.3 Å². The van der Waals surface area contributed by atoms with Crippen LogP contribution >= 0.6 is 11.8 Å². The van der Waals surface area contributed by atoms with Crippen molar-refractivity contribution < 1.29 is 4.42 Å².